The van der Waals surface area contributed by atoms with Crippen LogP contribution in [-0.2, 0) is 22.0 Å². The summed E-state index contributed by atoms with van der Waals surface area (Å²) in [6, 6.07) is 0. The molecule has 7 heteroatoms. The lowest BCUT2D eigenvalue weighted by Gasteiger charge is -2.20. The lowest BCUT2D eigenvalue weighted by atomic mass is 10.1. The van der Waals surface area contributed by atoms with Crippen LogP contribution in [0.2, 0.25) is 0 Å². The van der Waals surface area contributed by atoms with Gasteiger partial charge in [-0.3, -0.25) is 4.79 Å². The lowest BCUT2D eigenvalue weighted by molar-refractivity contribution is 0.0773. The van der Waals surface area contributed by atoms with Crippen molar-refractivity contribution in [2.45, 2.75) is 26.0 Å². The molecule has 5 nitrogen and oxygen atoms in total. The number of anilines is 1. The summed E-state index contributed by atoms with van der Waals surface area (Å²) in [5.74, 6) is 0.0385. The van der Waals surface area contributed by atoms with Crippen molar-refractivity contribution in [2.24, 2.45) is 0 Å². The normalized spacial score (nSPS) is 16.9. The van der Waals surface area contributed by atoms with Gasteiger partial charge in [0.25, 0.3) is 5.91 Å². The molecule has 1 aliphatic heterocycles. The SMILES string of the molecule is CCN(CC)C(=O)c1c(N)sc2c1CCS(=O)(=O)C2. The van der Waals surface area contributed by atoms with Crippen molar-refractivity contribution in [3.8, 4) is 0 Å². The van der Waals surface area contributed by atoms with Crippen LogP contribution in [0.5, 0.6) is 0 Å². The summed E-state index contributed by atoms with van der Waals surface area (Å²) in [5, 5.41) is 0.444. The zero-order chi connectivity index (χ0) is 14.2. The Morgan fingerprint density at radius 1 is 1.37 bits per heavy atom. The highest BCUT2D eigenvalue weighted by molar-refractivity contribution is 7.90. The predicted octanol–water partition coefficient (Wildman–Crippen LogP) is 1.28. The quantitative estimate of drug-likeness (QED) is 0.912. The van der Waals surface area contributed by atoms with Crippen LogP contribution in [0, 0.1) is 0 Å². The minimum Gasteiger partial charge on any atom is -0.390 e. The molecule has 0 radical (unpaired) electrons. The topological polar surface area (TPSA) is 80.5 Å². The van der Waals surface area contributed by atoms with E-state index in [0.717, 1.165) is 10.4 Å². The number of nitrogens with zero attached hydrogens (tertiary/aromatic N) is 1. The molecule has 2 rings (SSSR count). The van der Waals surface area contributed by atoms with Gasteiger partial charge in [0, 0.05) is 18.0 Å². The van der Waals surface area contributed by atoms with Gasteiger partial charge in [0.05, 0.1) is 22.1 Å². The molecule has 0 spiro atoms. The number of hydrogen-bond acceptors (Lipinski definition) is 5. The molecule has 1 aliphatic rings. The van der Waals surface area contributed by atoms with E-state index in [-0.39, 0.29) is 17.4 Å². The molecule has 0 fully saturated rings. The molecule has 2 N–H and O–H groups in total. The zero-order valence-electron chi connectivity index (χ0n) is 11.1. The van der Waals surface area contributed by atoms with Crippen LogP contribution in [0.3, 0.4) is 0 Å². The first-order valence-electron chi connectivity index (χ1n) is 6.29. The van der Waals surface area contributed by atoms with E-state index < -0.39 is 9.84 Å². The fourth-order valence-electron chi connectivity index (χ4n) is 2.35. The van der Waals surface area contributed by atoms with Crippen LogP contribution < -0.4 is 5.73 Å². The van der Waals surface area contributed by atoms with E-state index in [2.05, 4.69) is 0 Å². The molecule has 106 valence electrons. The van der Waals surface area contributed by atoms with Crippen molar-refractivity contribution in [3.63, 3.8) is 0 Å². The van der Waals surface area contributed by atoms with Crippen LogP contribution in [0.15, 0.2) is 0 Å². The summed E-state index contributed by atoms with van der Waals surface area (Å²) >= 11 is 1.24. The summed E-state index contributed by atoms with van der Waals surface area (Å²) < 4.78 is 23.2. The van der Waals surface area contributed by atoms with E-state index >= 15 is 0 Å². The molecule has 0 saturated carbocycles. The predicted molar refractivity (Wildman–Crippen MR) is 77.2 cm³/mol. The largest absolute Gasteiger partial charge is 0.390 e. The van der Waals surface area contributed by atoms with E-state index in [1.165, 1.54) is 11.3 Å². The number of amides is 1. The maximum Gasteiger partial charge on any atom is 0.257 e. The number of nitrogens with two attached hydrogens (primary N) is 1. The first-order chi connectivity index (χ1) is 8.89. The second kappa shape index (κ2) is 5.13. The Morgan fingerprint density at radius 2 is 2.00 bits per heavy atom. The van der Waals surface area contributed by atoms with Gasteiger partial charge in [0.1, 0.15) is 0 Å². The molecule has 0 aromatic carbocycles. The van der Waals surface area contributed by atoms with Gasteiger partial charge >= 0.3 is 0 Å². The average Bonchev–Trinajstić information content (AvgIpc) is 2.64. The number of carbonyl (C=O) groups excluding carboxylic acids is 1. The summed E-state index contributed by atoms with van der Waals surface area (Å²) in [7, 11) is -3.03. The Kier molecular flexibility index (Phi) is 3.87. The highest BCUT2D eigenvalue weighted by atomic mass is 32.2. The van der Waals surface area contributed by atoms with E-state index in [4.69, 9.17) is 5.73 Å². The third-order valence-corrected chi connectivity index (χ3v) is 6.20. The Labute approximate surface area is 117 Å². The van der Waals surface area contributed by atoms with Gasteiger partial charge in [-0.2, -0.15) is 0 Å². The Balaban J connectivity index is 2.44. The van der Waals surface area contributed by atoms with Crippen molar-refractivity contribution in [1.29, 1.82) is 0 Å². The fraction of sp³-hybridized carbons (Fsp3) is 0.583. The van der Waals surface area contributed by atoms with E-state index in [9.17, 15) is 13.2 Å². The van der Waals surface area contributed by atoms with E-state index in [1.807, 2.05) is 13.8 Å². The highest BCUT2D eigenvalue weighted by Gasteiger charge is 2.31. The van der Waals surface area contributed by atoms with Crippen molar-refractivity contribution in [3.05, 3.63) is 16.0 Å². The lowest BCUT2D eigenvalue weighted by Crippen LogP contribution is -2.32. The van der Waals surface area contributed by atoms with E-state index in [1.54, 1.807) is 4.90 Å². The van der Waals surface area contributed by atoms with Crippen LogP contribution in [-0.4, -0.2) is 38.1 Å². The fourth-order valence-corrected chi connectivity index (χ4v) is 5.26. The zero-order valence-corrected chi connectivity index (χ0v) is 12.7. The summed E-state index contributed by atoms with van der Waals surface area (Å²) in [6.07, 6.45) is 0.397. The second-order valence-electron chi connectivity index (χ2n) is 4.56. The van der Waals surface area contributed by atoms with Gasteiger partial charge in [0.15, 0.2) is 9.84 Å². The first kappa shape index (κ1) is 14.3. The van der Waals surface area contributed by atoms with Gasteiger partial charge in [-0.05, 0) is 25.8 Å². The molecule has 2 heterocycles. The van der Waals surface area contributed by atoms with Gasteiger partial charge < -0.3 is 10.6 Å². The first-order valence-corrected chi connectivity index (χ1v) is 8.93. The van der Waals surface area contributed by atoms with E-state index in [0.29, 0.717) is 30.1 Å². The standard InChI is InChI=1S/C12H18N2O3S2/c1-3-14(4-2)12(15)10-8-5-6-19(16,17)7-9(8)18-11(10)13/h3-7,13H2,1-2H3. The molecule has 0 atom stereocenters. The van der Waals surface area contributed by atoms with Crippen molar-refractivity contribution >= 4 is 32.1 Å². The monoisotopic (exact) mass is 302 g/mol. The third-order valence-electron chi connectivity index (χ3n) is 3.40. The number of thiophene rings is 1. The number of sulfone groups is 1. The molecule has 1 aromatic heterocycles. The molecule has 19 heavy (non-hydrogen) atoms. The molecule has 0 aliphatic carbocycles. The smallest absolute Gasteiger partial charge is 0.257 e. The molecule has 1 amide bonds. The van der Waals surface area contributed by atoms with Crippen molar-refractivity contribution in [1.82, 2.24) is 4.90 Å². The average molecular weight is 302 g/mol. The summed E-state index contributed by atoms with van der Waals surface area (Å²) in [5.41, 5.74) is 7.30. The maximum absolute atomic E-state index is 12.4. The van der Waals surface area contributed by atoms with Crippen LogP contribution in [0.4, 0.5) is 5.00 Å². The minimum absolute atomic E-state index is 0.0166. The third kappa shape index (κ3) is 2.62. The molecule has 0 bridgehead atoms. The Morgan fingerprint density at radius 3 is 2.58 bits per heavy atom. The number of hydrogen-bond donors (Lipinski definition) is 1. The summed E-state index contributed by atoms with van der Waals surface area (Å²) in [6.45, 7) is 5.08. The molecule has 0 saturated heterocycles. The van der Waals surface area contributed by atoms with Crippen LogP contribution >= 0.6 is 11.3 Å². The van der Waals surface area contributed by atoms with Crippen molar-refractivity contribution in [2.75, 3.05) is 24.6 Å². The number of fused-ring (bicyclic) bond motifs is 1. The Hall–Kier alpha value is -1.08. The van der Waals surface area contributed by atoms with Crippen molar-refractivity contribution < 1.29 is 13.2 Å². The van der Waals surface area contributed by atoms with Gasteiger partial charge in [-0.25, -0.2) is 8.42 Å². The molecular formula is C12H18N2O3S2. The second-order valence-corrected chi connectivity index (χ2v) is 7.88. The maximum atomic E-state index is 12.4. The van der Waals surface area contributed by atoms with Gasteiger partial charge in [-0.1, -0.05) is 0 Å². The molecular weight excluding hydrogens is 284 g/mol. The molecule has 0 unspecified atom stereocenters. The van der Waals surface area contributed by atoms with Gasteiger partial charge in [-0.15, -0.1) is 11.3 Å². The number of rotatable bonds is 3. The summed E-state index contributed by atoms with van der Waals surface area (Å²) in [4.78, 5) is 14.9. The van der Waals surface area contributed by atoms with Crippen LogP contribution in [0.25, 0.3) is 0 Å². The number of nitrogen functional groups attached to an aromatic ring is 1. The van der Waals surface area contributed by atoms with Gasteiger partial charge in [0.2, 0.25) is 0 Å². The Bertz CT molecular complexity index is 601. The van der Waals surface area contributed by atoms with Crippen LogP contribution in [0.1, 0.15) is 34.6 Å². The minimum atomic E-state index is -3.03. The molecule has 1 aromatic rings. The number of carbonyl (C=O) groups is 1. The highest BCUT2D eigenvalue weighted by Crippen LogP contribution is 2.36.